The summed E-state index contributed by atoms with van der Waals surface area (Å²) < 4.78 is 0. The second-order valence-corrected chi connectivity index (χ2v) is 2.72. The van der Waals surface area contributed by atoms with Gasteiger partial charge in [0.1, 0.15) is 0 Å². The van der Waals surface area contributed by atoms with Gasteiger partial charge in [-0.05, 0) is 0 Å². The number of nitrogens with two attached hydrogens (primary N) is 1. The molecular formula is C8H11N3O2. The SMILES string of the molecule is CC(=O)N(C)c1c[nH]c(=O)cc1N. The van der Waals surface area contributed by atoms with Crippen LogP contribution in [0, 0.1) is 0 Å². The third kappa shape index (κ3) is 1.87. The Morgan fingerprint density at radius 1 is 1.62 bits per heavy atom. The Hall–Kier alpha value is -1.78. The third-order valence-electron chi connectivity index (χ3n) is 1.77. The van der Waals surface area contributed by atoms with Gasteiger partial charge in [-0.25, -0.2) is 0 Å². The largest absolute Gasteiger partial charge is 0.397 e. The molecule has 0 fully saturated rings. The Morgan fingerprint density at radius 3 is 2.69 bits per heavy atom. The summed E-state index contributed by atoms with van der Waals surface area (Å²) in [4.78, 5) is 25.6. The van der Waals surface area contributed by atoms with Crippen molar-refractivity contribution in [2.24, 2.45) is 0 Å². The van der Waals surface area contributed by atoms with Gasteiger partial charge >= 0.3 is 0 Å². The van der Waals surface area contributed by atoms with Crippen molar-refractivity contribution < 1.29 is 4.79 Å². The molecule has 0 aliphatic rings. The number of aromatic amines is 1. The number of anilines is 2. The Labute approximate surface area is 75.2 Å². The molecule has 0 aliphatic heterocycles. The highest BCUT2D eigenvalue weighted by atomic mass is 16.2. The summed E-state index contributed by atoms with van der Waals surface area (Å²) in [6.45, 7) is 1.42. The zero-order valence-electron chi connectivity index (χ0n) is 7.50. The molecule has 0 atom stereocenters. The number of H-pyrrole nitrogens is 1. The average Bonchev–Trinajstić information content (AvgIpc) is 2.03. The lowest BCUT2D eigenvalue weighted by atomic mass is 10.3. The number of hydrogen-bond acceptors (Lipinski definition) is 3. The van der Waals surface area contributed by atoms with Gasteiger partial charge in [0.2, 0.25) is 11.5 Å². The predicted octanol–water partition coefficient (Wildman–Crippen LogP) is -0.0602. The molecule has 3 N–H and O–H groups in total. The molecule has 1 aromatic rings. The zero-order valence-corrected chi connectivity index (χ0v) is 7.50. The molecule has 1 rings (SSSR count). The first-order chi connectivity index (χ1) is 6.02. The highest BCUT2D eigenvalue weighted by Crippen LogP contribution is 2.17. The monoisotopic (exact) mass is 181 g/mol. The van der Waals surface area contributed by atoms with Crippen molar-refractivity contribution in [2.75, 3.05) is 17.7 Å². The molecule has 0 aromatic carbocycles. The van der Waals surface area contributed by atoms with Gasteiger partial charge in [-0.15, -0.1) is 0 Å². The minimum absolute atomic E-state index is 0.140. The van der Waals surface area contributed by atoms with Crippen LogP contribution < -0.4 is 16.2 Å². The number of nitrogen functional groups attached to an aromatic ring is 1. The van der Waals surface area contributed by atoms with Gasteiger partial charge in [0, 0.05) is 26.2 Å². The number of carbonyl (C=O) groups excluding carboxylic acids is 1. The first-order valence-electron chi connectivity index (χ1n) is 3.75. The van der Waals surface area contributed by atoms with Crippen LogP contribution in [0.1, 0.15) is 6.92 Å². The zero-order chi connectivity index (χ0) is 10.0. The molecule has 5 heteroatoms. The summed E-state index contributed by atoms with van der Waals surface area (Å²) in [5, 5.41) is 0. The number of aromatic nitrogens is 1. The summed E-state index contributed by atoms with van der Waals surface area (Å²) in [5.74, 6) is -0.140. The van der Waals surface area contributed by atoms with Crippen molar-refractivity contribution in [1.29, 1.82) is 0 Å². The first-order valence-corrected chi connectivity index (χ1v) is 3.75. The molecule has 1 aromatic heterocycles. The number of amides is 1. The van der Waals surface area contributed by atoms with Crippen molar-refractivity contribution in [3.05, 3.63) is 22.6 Å². The van der Waals surface area contributed by atoms with E-state index in [2.05, 4.69) is 4.98 Å². The van der Waals surface area contributed by atoms with Crippen molar-refractivity contribution in [2.45, 2.75) is 6.92 Å². The third-order valence-corrected chi connectivity index (χ3v) is 1.77. The van der Waals surface area contributed by atoms with Crippen LogP contribution in [-0.2, 0) is 4.79 Å². The van der Waals surface area contributed by atoms with E-state index in [0.29, 0.717) is 11.4 Å². The van der Waals surface area contributed by atoms with Crippen LogP contribution in [0.3, 0.4) is 0 Å². The molecule has 1 amide bonds. The van der Waals surface area contributed by atoms with Crippen LogP contribution in [0.2, 0.25) is 0 Å². The number of nitrogens with one attached hydrogen (secondary N) is 1. The molecule has 0 aliphatic carbocycles. The average molecular weight is 181 g/mol. The summed E-state index contributed by atoms with van der Waals surface area (Å²) in [6.07, 6.45) is 1.42. The van der Waals surface area contributed by atoms with E-state index in [1.54, 1.807) is 7.05 Å². The van der Waals surface area contributed by atoms with Crippen molar-refractivity contribution in [3.8, 4) is 0 Å². The van der Waals surface area contributed by atoms with E-state index < -0.39 is 0 Å². The molecule has 0 saturated carbocycles. The lowest BCUT2D eigenvalue weighted by Crippen LogP contribution is -2.25. The van der Waals surface area contributed by atoms with Gasteiger partial charge in [0.15, 0.2) is 0 Å². The van der Waals surface area contributed by atoms with Gasteiger partial charge < -0.3 is 15.6 Å². The van der Waals surface area contributed by atoms with E-state index in [4.69, 9.17) is 5.73 Å². The van der Waals surface area contributed by atoms with Gasteiger partial charge in [-0.2, -0.15) is 0 Å². The Kier molecular flexibility index (Phi) is 2.36. The highest BCUT2D eigenvalue weighted by Gasteiger charge is 2.08. The molecule has 0 bridgehead atoms. The number of hydrogen-bond donors (Lipinski definition) is 2. The topological polar surface area (TPSA) is 79.2 Å². The normalized spacial score (nSPS) is 9.69. The van der Waals surface area contributed by atoms with Crippen LogP contribution in [0.4, 0.5) is 11.4 Å². The van der Waals surface area contributed by atoms with E-state index in [9.17, 15) is 9.59 Å². The van der Waals surface area contributed by atoms with Crippen LogP contribution in [-0.4, -0.2) is 17.9 Å². The summed E-state index contributed by atoms with van der Waals surface area (Å²) in [5.41, 5.74) is 6.07. The second-order valence-electron chi connectivity index (χ2n) is 2.72. The van der Waals surface area contributed by atoms with Crippen molar-refractivity contribution >= 4 is 17.3 Å². The van der Waals surface area contributed by atoms with E-state index in [1.807, 2.05) is 0 Å². The summed E-state index contributed by atoms with van der Waals surface area (Å²) in [7, 11) is 1.59. The van der Waals surface area contributed by atoms with Gasteiger partial charge in [0.25, 0.3) is 0 Å². The van der Waals surface area contributed by atoms with Crippen LogP contribution >= 0.6 is 0 Å². The number of carbonyl (C=O) groups is 1. The van der Waals surface area contributed by atoms with Crippen LogP contribution in [0.25, 0.3) is 0 Å². The lowest BCUT2D eigenvalue weighted by molar-refractivity contribution is -0.116. The minimum atomic E-state index is -0.279. The quantitative estimate of drug-likeness (QED) is 0.637. The summed E-state index contributed by atoms with van der Waals surface area (Å²) in [6, 6.07) is 1.24. The maximum atomic E-state index is 11.0. The van der Waals surface area contributed by atoms with Crippen molar-refractivity contribution in [1.82, 2.24) is 4.98 Å². The Bertz CT molecular complexity index is 383. The van der Waals surface area contributed by atoms with Crippen LogP contribution in [0.15, 0.2) is 17.1 Å². The molecule has 13 heavy (non-hydrogen) atoms. The van der Waals surface area contributed by atoms with E-state index in [0.717, 1.165) is 0 Å². The van der Waals surface area contributed by atoms with Gasteiger partial charge in [-0.1, -0.05) is 0 Å². The minimum Gasteiger partial charge on any atom is -0.397 e. The molecule has 0 spiro atoms. The molecule has 5 nitrogen and oxygen atoms in total. The van der Waals surface area contributed by atoms with E-state index in [-0.39, 0.29) is 11.5 Å². The first kappa shape index (κ1) is 9.31. The number of nitrogens with zero attached hydrogens (tertiary/aromatic N) is 1. The smallest absolute Gasteiger partial charge is 0.250 e. The second kappa shape index (κ2) is 3.30. The summed E-state index contributed by atoms with van der Waals surface area (Å²) >= 11 is 0. The Balaban J connectivity index is 3.16. The van der Waals surface area contributed by atoms with E-state index in [1.165, 1.54) is 24.1 Å². The number of rotatable bonds is 1. The standard InChI is InChI=1S/C8H11N3O2/c1-5(12)11(2)7-4-10-8(13)3-6(7)9/h3-4H,1-2H3,(H3,9,10,13). The molecular weight excluding hydrogens is 170 g/mol. The fourth-order valence-electron chi connectivity index (χ4n) is 0.940. The highest BCUT2D eigenvalue weighted by molar-refractivity contribution is 5.93. The predicted molar refractivity (Wildman–Crippen MR) is 50.6 cm³/mol. The van der Waals surface area contributed by atoms with Crippen LogP contribution in [0.5, 0.6) is 0 Å². The molecule has 1 heterocycles. The number of pyridine rings is 1. The molecule has 0 radical (unpaired) electrons. The fourth-order valence-corrected chi connectivity index (χ4v) is 0.940. The maximum Gasteiger partial charge on any atom is 0.250 e. The Morgan fingerprint density at radius 2 is 2.23 bits per heavy atom. The van der Waals surface area contributed by atoms with Gasteiger partial charge in [-0.3, -0.25) is 9.59 Å². The maximum absolute atomic E-state index is 11.0. The lowest BCUT2D eigenvalue weighted by Gasteiger charge is -2.15. The molecule has 70 valence electrons. The van der Waals surface area contributed by atoms with Crippen molar-refractivity contribution in [3.63, 3.8) is 0 Å². The van der Waals surface area contributed by atoms with Gasteiger partial charge in [0.05, 0.1) is 11.4 Å². The molecule has 0 saturated heterocycles. The fraction of sp³-hybridized carbons (Fsp3) is 0.250. The van der Waals surface area contributed by atoms with E-state index >= 15 is 0 Å². The molecule has 0 unspecified atom stereocenters.